The van der Waals surface area contributed by atoms with E-state index in [1.54, 1.807) is 0 Å². The summed E-state index contributed by atoms with van der Waals surface area (Å²) in [5, 5.41) is 30.2. The highest BCUT2D eigenvalue weighted by Gasteiger charge is 2.25. The lowest BCUT2D eigenvalue weighted by atomic mass is 10.1. The van der Waals surface area contributed by atoms with Gasteiger partial charge in [-0.05, 0) is 18.7 Å². The number of benzene rings is 1. The van der Waals surface area contributed by atoms with Crippen molar-refractivity contribution < 1.29 is 38.6 Å². The number of hydrogen-bond acceptors (Lipinski definition) is 11. The molecule has 1 heterocycles. The fourth-order valence-corrected chi connectivity index (χ4v) is 2.84. The topological polar surface area (TPSA) is 179 Å². The number of nitro groups is 1. The van der Waals surface area contributed by atoms with Crippen LogP contribution in [0.15, 0.2) is 33.3 Å². The number of rotatable bonds is 8. The molecule has 14 heteroatoms. The summed E-state index contributed by atoms with van der Waals surface area (Å²) in [6.45, 7) is 1.27. The molecule has 1 aliphatic rings. The standard InChI is InChI=1S/C17H16N4O9S/c1-8(16(24)25)30-14-9(4-10(21(26)27)5-11(14)28-2)7-18-20-17-19-15(23)12(31-17)6-13(22)29-3/h4-8H,1-3H3,(H,24,25)(H,19,20,23)/b12-6+,18-7?. The lowest BCUT2D eigenvalue weighted by Gasteiger charge is -2.15. The van der Waals surface area contributed by atoms with Gasteiger partial charge in [0.05, 0.1) is 36.3 Å². The molecular formula is C17H16N4O9S. The van der Waals surface area contributed by atoms with Gasteiger partial charge in [0.2, 0.25) is 0 Å². The van der Waals surface area contributed by atoms with Crippen molar-refractivity contribution in [3.63, 3.8) is 0 Å². The molecule has 0 bridgehead atoms. The average molecular weight is 452 g/mol. The van der Waals surface area contributed by atoms with E-state index >= 15 is 0 Å². The van der Waals surface area contributed by atoms with Crippen molar-refractivity contribution in [3.05, 3.63) is 38.8 Å². The second-order valence-electron chi connectivity index (χ2n) is 5.66. The maximum atomic E-state index is 11.8. The molecule has 1 amide bonds. The normalized spacial score (nSPS) is 16.9. The Morgan fingerprint density at radius 2 is 2.06 bits per heavy atom. The summed E-state index contributed by atoms with van der Waals surface area (Å²) in [4.78, 5) is 44.7. The number of methoxy groups -OCH3 is 2. The predicted octanol–water partition coefficient (Wildman–Crippen LogP) is 1.07. The third kappa shape index (κ3) is 6.02. The monoisotopic (exact) mass is 452 g/mol. The lowest BCUT2D eigenvalue weighted by Crippen LogP contribution is -2.23. The van der Waals surface area contributed by atoms with Gasteiger partial charge < -0.3 is 19.3 Å². The molecule has 2 N–H and O–H groups in total. The van der Waals surface area contributed by atoms with Gasteiger partial charge in [-0.2, -0.15) is 5.10 Å². The zero-order valence-electron chi connectivity index (χ0n) is 16.3. The molecule has 1 fully saturated rings. The maximum absolute atomic E-state index is 11.8. The largest absolute Gasteiger partial charge is 0.493 e. The summed E-state index contributed by atoms with van der Waals surface area (Å²) >= 11 is 0.826. The molecule has 1 aromatic carbocycles. The van der Waals surface area contributed by atoms with Crippen molar-refractivity contribution in [2.24, 2.45) is 10.2 Å². The minimum atomic E-state index is -1.29. The SMILES string of the molecule is COC(=O)/C=C1/S/C(=N\N=Cc2cc([N+](=O)[O-])cc(OC)c2OC(C)C(=O)O)NC1=O. The minimum absolute atomic E-state index is 0.0168. The smallest absolute Gasteiger partial charge is 0.344 e. The van der Waals surface area contributed by atoms with Gasteiger partial charge >= 0.3 is 11.9 Å². The van der Waals surface area contributed by atoms with Crippen LogP contribution in [0.2, 0.25) is 0 Å². The molecule has 1 aliphatic heterocycles. The minimum Gasteiger partial charge on any atom is -0.493 e. The Bertz CT molecular complexity index is 1020. The summed E-state index contributed by atoms with van der Waals surface area (Å²) in [7, 11) is 2.40. The van der Waals surface area contributed by atoms with Gasteiger partial charge in [-0.25, -0.2) is 9.59 Å². The van der Waals surface area contributed by atoms with Gasteiger partial charge in [-0.15, -0.1) is 5.10 Å². The summed E-state index contributed by atoms with van der Waals surface area (Å²) in [5.41, 5.74) is -0.337. The maximum Gasteiger partial charge on any atom is 0.344 e. The van der Waals surface area contributed by atoms with Crippen LogP contribution in [0.1, 0.15) is 12.5 Å². The van der Waals surface area contributed by atoms with Crippen molar-refractivity contribution >= 4 is 46.7 Å². The number of carboxylic acid groups (broad SMARTS) is 1. The van der Waals surface area contributed by atoms with E-state index in [4.69, 9.17) is 14.6 Å². The number of esters is 1. The molecule has 164 valence electrons. The van der Waals surface area contributed by atoms with Crippen molar-refractivity contribution in [2.45, 2.75) is 13.0 Å². The first kappa shape index (κ1) is 23.3. The fraction of sp³-hybridized carbons (Fsp3) is 0.235. The van der Waals surface area contributed by atoms with E-state index < -0.39 is 28.9 Å². The van der Waals surface area contributed by atoms with Crippen LogP contribution in [0, 0.1) is 10.1 Å². The number of ether oxygens (including phenoxy) is 3. The highest BCUT2D eigenvalue weighted by atomic mass is 32.2. The molecule has 1 saturated heterocycles. The van der Waals surface area contributed by atoms with E-state index in [0.717, 1.165) is 43.3 Å². The molecule has 0 saturated carbocycles. The molecule has 0 aliphatic carbocycles. The van der Waals surface area contributed by atoms with Gasteiger partial charge in [0.25, 0.3) is 11.6 Å². The lowest BCUT2D eigenvalue weighted by molar-refractivity contribution is -0.385. The Labute approximate surface area is 178 Å². The number of nitro benzene ring substituents is 1. The Kier molecular flexibility index (Phi) is 7.68. The number of hydrogen-bond donors (Lipinski definition) is 2. The van der Waals surface area contributed by atoms with Crippen LogP contribution in [-0.4, -0.2) is 59.6 Å². The Morgan fingerprint density at radius 3 is 2.65 bits per heavy atom. The number of thioether (sulfide) groups is 1. The van der Waals surface area contributed by atoms with E-state index in [-0.39, 0.29) is 32.8 Å². The summed E-state index contributed by atoms with van der Waals surface area (Å²) < 4.78 is 14.9. The number of carbonyl (C=O) groups is 3. The van der Waals surface area contributed by atoms with Crippen molar-refractivity contribution in [2.75, 3.05) is 14.2 Å². The first-order valence-corrected chi connectivity index (χ1v) is 9.13. The highest BCUT2D eigenvalue weighted by molar-refractivity contribution is 8.18. The van der Waals surface area contributed by atoms with Crippen LogP contribution in [0.4, 0.5) is 5.69 Å². The number of nitrogens with zero attached hydrogens (tertiary/aromatic N) is 3. The van der Waals surface area contributed by atoms with E-state index in [9.17, 15) is 24.5 Å². The fourth-order valence-electron chi connectivity index (χ4n) is 2.10. The molecule has 1 aromatic rings. The number of carboxylic acids is 1. The van der Waals surface area contributed by atoms with E-state index in [1.165, 1.54) is 14.0 Å². The van der Waals surface area contributed by atoms with Crippen LogP contribution < -0.4 is 14.8 Å². The van der Waals surface area contributed by atoms with E-state index in [0.29, 0.717) is 0 Å². The predicted molar refractivity (Wildman–Crippen MR) is 108 cm³/mol. The quantitative estimate of drug-likeness (QED) is 0.190. The Morgan fingerprint density at radius 1 is 1.35 bits per heavy atom. The van der Waals surface area contributed by atoms with Gasteiger partial charge in [-0.1, -0.05) is 0 Å². The van der Waals surface area contributed by atoms with Crippen LogP contribution in [-0.2, 0) is 19.1 Å². The zero-order chi connectivity index (χ0) is 23.1. The van der Waals surface area contributed by atoms with E-state index in [2.05, 4.69) is 20.3 Å². The number of non-ortho nitro benzene ring substituents is 1. The van der Waals surface area contributed by atoms with Gasteiger partial charge in [0, 0.05) is 17.7 Å². The molecule has 0 spiro atoms. The molecule has 0 aromatic heterocycles. The Balaban J connectivity index is 2.38. The molecular weight excluding hydrogens is 436 g/mol. The van der Waals surface area contributed by atoms with Crippen LogP contribution >= 0.6 is 11.8 Å². The van der Waals surface area contributed by atoms with Crippen molar-refractivity contribution in [1.82, 2.24) is 5.32 Å². The molecule has 31 heavy (non-hydrogen) atoms. The Hall–Kier alpha value is -3.94. The third-order valence-electron chi connectivity index (χ3n) is 3.59. The first-order valence-electron chi connectivity index (χ1n) is 8.32. The molecule has 13 nitrogen and oxygen atoms in total. The third-order valence-corrected chi connectivity index (χ3v) is 4.49. The van der Waals surface area contributed by atoms with Crippen LogP contribution in [0.5, 0.6) is 11.5 Å². The molecule has 0 radical (unpaired) electrons. The second-order valence-corrected chi connectivity index (χ2v) is 6.69. The van der Waals surface area contributed by atoms with Crippen molar-refractivity contribution in [3.8, 4) is 11.5 Å². The number of amidine groups is 1. The van der Waals surface area contributed by atoms with Crippen LogP contribution in [0.3, 0.4) is 0 Å². The van der Waals surface area contributed by atoms with Crippen molar-refractivity contribution in [1.29, 1.82) is 0 Å². The molecule has 1 unspecified atom stereocenters. The molecule has 1 atom stereocenters. The first-order chi connectivity index (χ1) is 14.7. The average Bonchev–Trinajstić information content (AvgIpc) is 3.07. The summed E-state index contributed by atoms with van der Waals surface area (Å²) in [5.74, 6) is -2.75. The highest BCUT2D eigenvalue weighted by Crippen LogP contribution is 2.35. The van der Waals surface area contributed by atoms with Gasteiger partial charge in [0.15, 0.2) is 22.8 Å². The van der Waals surface area contributed by atoms with E-state index in [1.807, 2.05) is 0 Å². The van der Waals surface area contributed by atoms with Gasteiger partial charge in [0.1, 0.15) is 0 Å². The summed E-state index contributed by atoms with van der Waals surface area (Å²) in [6, 6.07) is 2.17. The number of nitrogens with one attached hydrogen (secondary N) is 1. The second kappa shape index (κ2) is 10.2. The zero-order valence-corrected chi connectivity index (χ0v) is 17.2. The number of carbonyl (C=O) groups excluding carboxylic acids is 2. The molecule has 2 rings (SSSR count). The van der Waals surface area contributed by atoms with Gasteiger partial charge in [-0.3, -0.25) is 20.2 Å². The van der Waals surface area contributed by atoms with Crippen LogP contribution in [0.25, 0.3) is 0 Å². The number of amides is 1. The summed E-state index contributed by atoms with van der Waals surface area (Å²) in [6.07, 6.45) is 0.766. The number of aliphatic carboxylic acids is 1.